The molecule has 262 valence electrons. The summed E-state index contributed by atoms with van der Waals surface area (Å²) in [5, 5.41) is 5.28. The average Bonchev–Trinajstić information content (AvgIpc) is 3.00. The molecule has 4 unspecified atom stereocenters. The highest BCUT2D eigenvalue weighted by Crippen LogP contribution is 2.48. The molecule has 2 amide bonds. The fraction of sp³-hybridized carbons (Fsp3) is 0.286. The Morgan fingerprint density at radius 1 is 0.521 bits per heavy atom. The van der Waals surface area contributed by atoms with Crippen LogP contribution in [-0.4, -0.2) is 59.8 Å². The molecule has 0 aliphatic carbocycles. The van der Waals surface area contributed by atoms with E-state index in [1.54, 1.807) is 0 Å². The molecule has 6 N–H and O–H groups in total. The van der Waals surface area contributed by atoms with Crippen LogP contribution in [0.15, 0.2) is 60.7 Å². The largest absolute Gasteiger partial charge is 0.332 e. The minimum Gasteiger partial charge on any atom is -0.324 e. The first-order valence-electron chi connectivity index (χ1n) is 13.8. The molecule has 0 aromatic heterocycles. The van der Waals surface area contributed by atoms with E-state index in [4.69, 9.17) is 0 Å². The summed E-state index contributed by atoms with van der Waals surface area (Å²) in [6, 6.07) is 14.1. The minimum atomic E-state index is -4.07. The third-order valence-corrected chi connectivity index (χ3v) is 12.0. The molecular weight excluding hydrogens is 712 g/mol. The van der Waals surface area contributed by atoms with Gasteiger partial charge in [0.05, 0.1) is 24.6 Å². The van der Waals surface area contributed by atoms with Crippen LogP contribution in [0.5, 0.6) is 0 Å². The Hall–Kier alpha value is -2.80. The Morgan fingerprint density at radius 2 is 0.792 bits per heavy atom. The van der Waals surface area contributed by atoms with Crippen LogP contribution in [0.4, 0.5) is 11.4 Å². The zero-order chi connectivity index (χ0) is 35.9. The van der Waals surface area contributed by atoms with Gasteiger partial charge in [-0.15, -0.1) is 0 Å². The normalized spacial score (nSPS) is 16.5. The fourth-order valence-corrected chi connectivity index (χ4v) is 7.51. The van der Waals surface area contributed by atoms with Crippen molar-refractivity contribution in [2.45, 2.75) is 24.6 Å². The number of anilines is 2. The molecule has 0 spiro atoms. The van der Waals surface area contributed by atoms with Gasteiger partial charge in [-0.05, 0) is 64.7 Å². The maximum absolute atomic E-state index is 13.3. The zero-order valence-corrected chi connectivity index (χ0v) is 29.8. The van der Waals surface area contributed by atoms with E-state index in [0.717, 1.165) is 28.4 Å². The topological polar surface area (TPSA) is 244 Å². The molecule has 3 rings (SSSR count). The Bertz CT molecular complexity index is 1650. The molecule has 3 aromatic rings. The van der Waals surface area contributed by atoms with Gasteiger partial charge in [0.2, 0.25) is 0 Å². The molecule has 20 heteroatoms. The zero-order valence-electron chi connectivity index (χ0n) is 26.3. The number of amides is 2. The van der Waals surface area contributed by atoms with Crippen LogP contribution < -0.4 is 10.6 Å². The van der Waals surface area contributed by atoms with Crippen molar-refractivity contribution in [2.75, 3.05) is 39.1 Å². The second kappa shape index (κ2) is 16.3. The first-order chi connectivity index (χ1) is 22.3. The van der Waals surface area contributed by atoms with Gasteiger partial charge in [0.15, 0.2) is 0 Å². The summed E-state index contributed by atoms with van der Waals surface area (Å²) in [5.41, 5.74) is 1.18. The molecular formula is C28H36N2O14P4. The number of carbonyl (C=O) groups is 2. The van der Waals surface area contributed by atoms with Crippen LogP contribution in [-0.2, 0) is 61.0 Å². The molecule has 0 heterocycles. The standard InChI is InChI=1S/C28H36N2O14P4/c1-41-45(33,34)15-19-8-20(16-46(35,36)42-2)11-23(10-19)27(31)29-25-6-5-7-26(14-25)30-28(32)24-12-21(17-47(37,38)43-3)9-22(13-24)18-48(39,40)44-4/h5-14H,15-18H2,1-4H3,(H,29,31)(H,30,32)(H,33,34)(H,35,36)(H,37,38)(H,39,40). The van der Waals surface area contributed by atoms with Gasteiger partial charge in [-0.1, -0.05) is 18.2 Å². The summed E-state index contributed by atoms with van der Waals surface area (Å²) in [6.45, 7) is 0. The van der Waals surface area contributed by atoms with Crippen molar-refractivity contribution in [3.05, 3.63) is 94.0 Å². The minimum absolute atomic E-state index is 0.0112. The third-order valence-electron chi connectivity index (χ3n) is 6.68. The molecule has 0 fully saturated rings. The predicted molar refractivity (Wildman–Crippen MR) is 177 cm³/mol. The van der Waals surface area contributed by atoms with Crippen molar-refractivity contribution in [3.63, 3.8) is 0 Å². The lowest BCUT2D eigenvalue weighted by Gasteiger charge is -2.15. The number of carbonyl (C=O) groups excluding carboxylic acids is 2. The van der Waals surface area contributed by atoms with E-state index in [9.17, 15) is 47.4 Å². The Labute approximate surface area is 276 Å². The highest BCUT2D eigenvalue weighted by molar-refractivity contribution is 7.52. The second-order valence-electron chi connectivity index (χ2n) is 10.5. The van der Waals surface area contributed by atoms with Crippen molar-refractivity contribution in [3.8, 4) is 0 Å². The van der Waals surface area contributed by atoms with Gasteiger partial charge in [0.1, 0.15) is 0 Å². The average molecular weight is 748 g/mol. The first kappa shape index (κ1) is 39.6. The van der Waals surface area contributed by atoms with Gasteiger partial charge in [-0.3, -0.25) is 27.8 Å². The molecule has 48 heavy (non-hydrogen) atoms. The lowest BCUT2D eigenvalue weighted by Crippen LogP contribution is -2.15. The summed E-state index contributed by atoms with van der Waals surface area (Å²) in [5.74, 6) is -1.38. The number of hydrogen-bond acceptors (Lipinski definition) is 10. The van der Waals surface area contributed by atoms with Crippen LogP contribution in [0.25, 0.3) is 0 Å². The lowest BCUT2D eigenvalue weighted by atomic mass is 10.1. The highest BCUT2D eigenvalue weighted by Gasteiger charge is 2.25. The Morgan fingerprint density at radius 3 is 1.04 bits per heavy atom. The van der Waals surface area contributed by atoms with E-state index in [-0.39, 0.29) is 44.8 Å². The van der Waals surface area contributed by atoms with Crippen LogP contribution in [0.3, 0.4) is 0 Å². The summed E-state index contributed by atoms with van der Waals surface area (Å²) in [7, 11) is -12.1. The molecule has 0 saturated heterocycles. The van der Waals surface area contributed by atoms with Crippen LogP contribution in [0.2, 0.25) is 0 Å². The van der Waals surface area contributed by atoms with E-state index in [1.165, 1.54) is 60.7 Å². The summed E-state index contributed by atoms with van der Waals surface area (Å²) < 4.78 is 67.3. The molecule has 16 nitrogen and oxygen atoms in total. The van der Waals surface area contributed by atoms with Crippen molar-refractivity contribution in [1.29, 1.82) is 0 Å². The van der Waals surface area contributed by atoms with Crippen molar-refractivity contribution >= 4 is 53.6 Å². The quantitative estimate of drug-likeness (QED) is 0.0989. The predicted octanol–water partition coefficient (Wildman–Crippen LogP) is 5.52. The number of hydrogen-bond donors (Lipinski definition) is 6. The van der Waals surface area contributed by atoms with Crippen LogP contribution in [0.1, 0.15) is 43.0 Å². The lowest BCUT2D eigenvalue weighted by molar-refractivity contribution is 0.101. The van der Waals surface area contributed by atoms with Gasteiger partial charge in [0.25, 0.3) is 11.8 Å². The Kier molecular flexibility index (Phi) is 13.4. The molecule has 0 radical (unpaired) electrons. The van der Waals surface area contributed by atoms with Crippen LogP contribution in [0, 0.1) is 0 Å². The van der Waals surface area contributed by atoms with Gasteiger partial charge >= 0.3 is 30.4 Å². The number of benzene rings is 3. The smallest absolute Gasteiger partial charge is 0.324 e. The first-order valence-corrected chi connectivity index (χ1v) is 20.8. The van der Waals surface area contributed by atoms with Gasteiger partial charge in [0, 0.05) is 50.9 Å². The SMILES string of the molecule is COP(=O)(O)Cc1cc(CP(=O)(O)OC)cc(C(=O)Nc2cccc(NC(=O)c3cc(CP(=O)(O)OC)cc(CP(=O)(O)OC)c3)c2)c1. The summed E-state index contributed by atoms with van der Waals surface area (Å²) in [6.07, 6.45) is -1.92. The number of nitrogens with one attached hydrogen (secondary N) is 2. The third kappa shape index (κ3) is 12.3. The summed E-state index contributed by atoms with van der Waals surface area (Å²) >= 11 is 0. The van der Waals surface area contributed by atoms with E-state index in [0.29, 0.717) is 0 Å². The molecule has 0 aliphatic heterocycles. The number of rotatable bonds is 16. The van der Waals surface area contributed by atoms with Gasteiger partial charge in [-0.25, -0.2) is 0 Å². The Balaban J connectivity index is 1.88. The second-order valence-corrected chi connectivity index (χ2v) is 18.3. The van der Waals surface area contributed by atoms with E-state index >= 15 is 0 Å². The van der Waals surface area contributed by atoms with Crippen molar-refractivity contribution in [2.24, 2.45) is 0 Å². The van der Waals surface area contributed by atoms with Crippen molar-refractivity contribution in [1.82, 2.24) is 0 Å². The fourth-order valence-electron chi connectivity index (χ4n) is 4.41. The van der Waals surface area contributed by atoms with E-state index in [1.807, 2.05) is 0 Å². The van der Waals surface area contributed by atoms with E-state index < -0.39 is 66.8 Å². The summed E-state index contributed by atoms with van der Waals surface area (Å²) in [4.78, 5) is 66.4. The maximum Gasteiger partial charge on any atom is 0.332 e. The maximum atomic E-state index is 13.3. The molecule has 0 saturated carbocycles. The highest BCUT2D eigenvalue weighted by atomic mass is 31.2. The monoisotopic (exact) mass is 748 g/mol. The molecule has 0 aliphatic rings. The van der Waals surface area contributed by atoms with E-state index in [2.05, 4.69) is 28.7 Å². The van der Waals surface area contributed by atoms with Crippen LogP contribution >= 0.6 is 30.4 Å². The molecule has 3 aromatic carbocycles. The van der Waals surface area contributed by atoms with Crippen molar-refractivity contribution < 1.29 is 65.5 Å². The molecule has 0 bridgehead atoms. The van der Waals surface area contributed by atoms with Gasteiger partial charge < -0.3 is 48.3 Å². The molecule has 4 atom stereocenters. The van der Waals surface area contributed by atoms with Gasteiger partial charge in [-0.2, -0.15) is 0 Å².